The van der Waals surface area contributed by atoms with Gasteiger partial charge in [-0.05, 0) is 30.5 Å². The van der Waals surface area contributed by atoms with E-state index in [-0.39, 0.29) is 6.10 Å². The number of β-amino-alcohol motifs (C(OH)–C–C–N with tert-alkyl or cyclic N) is 1. The van der Waals surface area contributed by atoms with Crippen LogP contribution in [0.15, 0.2) is 60.1 Å². The number of hydrogen-bond donors (Lipinski definition) is 1. The molecule has 140 valence electrons. The van der Waals surface area contributed by atoms with E-state index in [1.807, 2.05) is 36.4 Å². The zero-order valence-electron chi connectivity index (χ0n) is 15.3. The van der Waals surface area contributed by atoms with Crippen molar-refractivity contribution in [3.63, 3.8) is 0 Å². The molecule has 1 aliphatic rings. The summed E-state index contributed by atoms with van der Waals surface area (Å²) in [5.74, 6) is 1.52. The minimum Gasteiger partial charge on any atom is -0.391 e. The minimum absolute atomic E-state index is 0.323. The van der Waals surface area contributed by atoms with Gasteiger partial charge in [-0.3, -0.25) is 4.98 Å². The topological polar surface area (TPSA) is 62.1 Å². The van der Waals surface area contributed by atoms with Crippen molar-refractivity contribution >= 4 is 27.4 Å². The number of aromatic nitrogens is 3. The summed E-state index contributed by atoms with van der Waals surface area (Å²) in [4.78, 5) is 17.3. The Hall–Kier alpha value is -2.83. The normalized spacial score (nSPS) is 17.2. The second-order valence-electron chi connectivity index (χ2n) is 7.02. The molecule has 6 heteroatoms. The van der Waals surface area contributed by atoms with Gasteiger partial charge in [0.25, 0.3) is 0 Å². The van der Waals surface area contributed by atoms with Crippen LogP contribution in [-0.4, -0.2) is 39.3 Å². The quantitative estimate of drug-likeness (QED) is 0.564. The fraction of sp³-hybridized carbons (Fsp3) is 0.227. The molecule has 0 bridgehead atoms. The molecule has 28 heavy (non-hydrogen) atoms. The predicted molar refractivity (Wildman–Crippen MR) is 114 cm³/mol. The number of aliphatic hydroxyl groups excluding tert-OH is 1. The number of benzene rings is 1. The Labute approximate surface area is 167 Å². The smallest absolute Gasteiger partial charge is 0.181 e. The Morgan fingerprint density at radius 2 is 1.89 bits per heavy atom. The Morgan fingerprint density at radius 3 is 2.68 bits per heavy atom. The fourth-order valence-electron chi connectivity index (χ4n) is 3.74. The van der Waals surface area contributed by atoms with Crippen molar-refractivity contribution in [3.05, 3.63) is 60.1 Å². The van der Waals surface area contributed by atoms with Crippen LogP contribution in [0, 0.1) is 0 Å². The van der Waals surface area contributed by atoms with Crippen LogP contribution >= 0.6 is 11.3 Å². The average Bonchev–Trinajstić information content (AvgIpc) is 3.18. The van der Waals surface area contributed by atoms with Crippen molar-refractivity contribution in [1.29, 1.82) is 0 Å². The molecule has 5 rings (SSSR count). The average molecular weight is 388 g/mol. The number of anilines is 1. The minimum atomic E-state index is -0.323. The maximum atomic E-state index is 10.2. The van der Waals surface area contributed by atoms with Crippen LogP contribution in [0.5, 0.6) is 0 Å². The highest BCUT2D eigenvalue weighted by molar-refractivity contribution is 7.17. The van der Waals surface area contributed by atoms with Crippen molar-refractivity contribution in [2.45, 2.75) is 18.9 Å². The zero-order valence-corrected chi connectivity index (χ0v) is 16.1. The molecule has 0 amide bonds. The summed E-state index contributed by atoms with van der Waals surface area (Å²) in [6, 6.07) is 16.1. The van der Waals surface area contributed by atoms with Crippen LogP contribution in [0.1, 0.15) is 12.8 Å². The molecule has 0 spiro atoms. The first-order valence-electron chi connectivity index (χ1n) is 9.48. The van der Waals surface area contributed by atoms with Gasteiger partial charge in [0.15, 0.2) is 5.82 Å². The molecule has 0 radical (unpaired) electrons. The van der Waals surface area contributed by atoms with Crippen molar-refractivity contribution in [1.82, 2.24) is 15.0 Å². The molecule has 1 fully saturated rings. The summed E-state index contributed by atoms with van der Waals surface area (Å²) in [5.41, 5.74) is 3.06. The van der Waals surface area contributed by atoms with Gasteiger partial charge in [0.05, 0.1) is 11.5 Å². The lowest BCUT2D eigenvalue weighted by molar-refractivity contribution is 0.154. The fourth-order valence-corrected chi connectivity index (χ4v) is 4.68. The monoisotopic (exact) mass is 388 g/mol. The van der Waals surface area contributed by atoms with Gasteiger partial charge in [0.1, 0.15) is 16.3 Å². The van der Waals surface area contributed by atoms with E-state index in [9.17, 15) is 5.11 Å². The van der Waals surface area contributed by atoms with Crippen LogP contribution in [0.3, 0.4) is 0 Å². The van der Waals surface area contributed by atoms with E-state index in [1.165, 1.54) is 0 Å². The first-order chi connectivity index (χ1) is 13.8. The summed E-state index contributed by atoms with van der Waals surface area (Å²) < 4.78 is 0. The number of nitrogens with zero attached hydrogens (tertiary/aromatic N) is 4. The Balaban J connectivity index is 1.73. The summed E-state index contributed by atoms with van der Waals surface area (Å²) in [5, 5.41) is 13.5. The second kappa shape index (κ2) is 7.30. The standard InChI is InChI=1S/C22H20N4OS/c27-16-9-6-12-26(13-16)21-19-17(15-7-2-1-3-8-15)14-28-22(19)25-20(24-21)18-10-4-5-11-23-18/h1-5,7-8,10-11,14,16,27H,6,9,12-13H2/t16-/m0/s1. The van der Waals surface area contributed by atoms with Gasteiger partial charge < -0.3 is 10.0 Å². The van der Waals surface area contributed by atoms with Gasteiger partial charge in [-0.1, -0.05) is 36.4 Å². The summed E-state index contributed by atoms with van der Waals surface area (Å²) >= 11 is 1.63. The molecule has 5 nitrogen and oxygen atoms in total. The molecule has 1 atom stereocenters. The van der Waals surface area contributed by atoms with Gasteiger partial charge >= 0.3 is 0 Å². The molecular formula is C22H20N4OS. The SMILES string of the molecule is O[C@H]1CCCN(c2nc(-c3ccccn3)nc3scc(-c4ccccc4)c23)C1. The molecular weight excluding hydrogens is 368 g/mol. The highest BCUT2D eigenvalue weighted by Crippen LogP contribution is 2.39. The Kier molecular flexibility index (Phi) is 4.50. The third-order valence-corrected chi connectivity index (χ3v) is 5.96. The van der Waals surface area contributed by atoms with Gasteiger partial charge in [-0.15, -0.1) is 11.3 Å². The molecule has 1 saturated heterocycles. The van der Waals surface area contributed by atoms with Crippen LogP contribution in [-0.2, 0) is 0 Å². The van der Waals surface area contributed by atoms with Gasteiger partial charge in [0, 0.05) is 30.2 Å². The van der Waals surface area contributed by atoms with Crippen molar-refractivity contribution in [2.75, 3.05) is 18.0 Å². The molecule has 0 aliphatic carbocycles. The molecule has 0 unspecified atom stereocenters. The first-order valence-corrected chi connectivity index (χ1v) is 10.4. The first kappa shape index (κ1) is 17.3. The van der Waals surface area contributed by atoms with E-state index in [2.05, 4.69) is 27.4 Å². The lowest BCUT2D eigenvalue weighted by atomic mass is 10.0. The lowest BCUT2D eigenvalue weighted by Crippen LogP contribution is -2.38. The molecule has 4 heterocycles. The van der Waals surface area contributed by atoms with E-state index in [4.69, 9.17) is 9.97 Å². The maximum absolute atomic E-state index is 10.2. The van der Waals surface area contributed by atoms with Crippen LogP contribution in [0.4, 0.5) is 5.82 Å². The van der Waals surface area contributed by atoms with E-state index in [0.29, 0.717) is 12.4 Å². The summed E-state index contributed by atoms with van der Waals surface area (Å²) in [6.45, 7) is 1.48. The zero-order chi connectivity index (χ0) is 18.9. The highest BCUT2D eigenvalue weighted by Gasteiger charge is 2.24. The van der Waals surface area contributed by atoms with Crippen LogP contribution in [0.25, 0.3) is 32.9 Å². The molecule has 0 saturated carbocycles. The van der Waals surface area contributed by atoms with Crippen molar-refractivity contribution < 1.29 is 5.11 Å². The van der Waals surface area contributed by atoms with E-state index in [0.717, 1.165) is 52.2 Å². The number of hydrogen-bond acceptors (Lipinski definition) is 6. The number of rotatable bonds is 3. The van der Waals surface area contributed by atoms with Crippen molar-refractivity contribution in [3.8, 4) is 22.6 Å². The lowest BCUT2D eigenvalue weighted by Gasteiger charge is -2.31. The molecule has 3 aromatic heterocycles. The van der Waals surface area contributed by atoms with E-state index < -0.39 is 0 Å². The highest BCUT2D eigenvalue weighted by atomic mass is 32.1. The third-order valence-electron chi connectivity index (χ3n) is 5.09. The van der Waals surface area contributed by atoms with E-state index >= 15 is 0 Å². The number of piperidine rings is 1. The van der Waals surface area contributed by atoms with Gasteiger partial charge in [0.2, 0.25) is 0 Å². The predicted octanol–water partition coefficient (Wildman–Crippen LogP) is 4.38. The van der Waals surface area contributed by atoms with Crippen LogP contribution < -0.4 is 4.90 Å². The molecule has 1 aromatic carbocycles. The Bertz CT molecular complexity index is 1100. The largest absolute Gasteiger partial charge is 0.391 e. The second-order valence-corrected chi connectivity index (χ2v) is 7.88. The molecule has 1 aliphatic heterocycles. The number of pyridine rings is 1. The Morgan fingerprint density at radius 1 is 1.04 bits per heavy atom. The van der Waals surface area contributed by atoms with E-state index in [1.54, 1.807) is 17.5 Å². The van der Waals surface area contributed by atoms with Gasteiger partial charge in [-0.2, -0.15) is 0 Å². The van der Waals surface area contributed by atoms with Crippen LogP contribution in [0.2, 0.25) is 0 Å². The van der Waals surface area contributed by atoms with Gasteiger partial charge in [-0.25, -0.2) is 9.97 Å². The number of thiophene rings is 1. The number of aliphatic hydroxyl groups is 1. The summed E-state index contributed by atoms with van der Waals surface area (Å²) in [7, 11) is 0. The molecule has 4 aromatic rings. The molecule has 1 N–H and O–H groups in total. The van der Waals surface area contributed by atoms with Crippen molar-refractivity contribution in [2.24, 2.45) is 0 Å². The number of fused-ring (bicyclic) bond motifs is 1. The maximum Gasteiger partial charge on any atom is 0.181 e. The third kappa shape index (κ3) is 3.15. The summed E-state index contributed by atoms with van der Waals surface area (Å²) in [6.07, 6.45) is 3.23.